The standard InChI is InChI=1S/C15H9Cl3N2O/c16-8-5-6-9(12(18)7-8)13-14(20-21-15(13)19)10-3-1-2-4-11(10)17/h1-7H,19H2. The predicted octanol–water partition coefficient (Wildman–Crippen LogP) is 5.55. The Bertz CT molecular complexity index is 814. The molecule has 6 heteroatoms. The summed E-state index contributed by atoms with van der Waals surface area (Å²) in [7, 11) is 0. The summed E-state index contributed by atoms with van der Waals surface area (Å²) in [5.41, 5.74) is 8.46. The lowest BCUT2D eigenvalue weighted by molar-refractivity contribution is 0.439. The highest BCUT2D eigenvalue weighted by molar-refractivity contribution is 6.37. The van der Waals surface area contributed by atoms with Gasteiger partial charge in [-0.25, -0.2) is 0 Å². The minimum absolute atomic E-state index is 0.175. The molecule has 0 atom stereocenters. The summed E-state index contributed by atoms with van der Waals surface area (Å²) in [4.78, 5) is 0. The second kappa shape index (κ2) is 5.60. The Morgan fingerprint density at radius 2 is 1.67 bits per heavy atom. The molecule has 0 aliphatic rings. The zero-order valence-corrected chi connectivity index (χ0v) is 12.9. The van der Waals surface area contributed by atoms with Gasteiger partial charge in [-0.15, -0.1) is 0 Å². The monoisotopic (exact) mass is 338 g/mol. The Labute approximate surface area is 136 Å². The predicted molar refractivity (Wildman–Crippen MR) is 86.8 cm³/mol. The Hall–Kier alpha value is -1.68. The fraction of sp³-hybridized carbons (Fsp3) is 0. The van der Waals surface area contributed by atoms with Crippen molar-refractivity contribution in [3.05, 3.63) is 57.5 Å². The Morgan fingerprint density at radius 3 is 2.38 bits per heavy atom. The number of nitrogen functional groups attached to an aromatic ring is 1. The number of nitrogens with two attached hydrogens (primary N) is 1. The van der Waals surface area contributed by atoms with Gasteiger partial charge in [0.15, 0.2) is 0 Å². The molecule has 1 heterocycles. The van der Waals surface area contributed by atoms with Crippen LogP contribution in [-0.2, 0) is 0 Å². The van der Waals surface area contributed by atoms with Crippen molar-refractivity contribution in [3.63, 3.8) is 0 Å². The van der Waals surface area contributed by atoms with Crippen molar-refractivity contribution in [1.29, 1.82) is 0 Å². The van der Waals surface area contributed by atoms with Crippen LogP contribution in [0.4, 0.5) is 5.88 Å². The van der Waals surface area contributed by atoms with E-state index >= 15 is 0 Å². The zero-order valence-electron chi connectivity index (χ0n) is 10.6. The topological polar surface area (TPSA) is 52.0 Å². The Morgan fingerprint density at radius 1 is 0.905 bits per heavy atom. The normalized spacial score (nSPS) is 10.8. The van der Waals surface area contributed by atoms with E-state index in [1.54, 1.807) is 24.3 Å². The van der Waals surface area contributed by atoms with Crippen molar-refractivity contribution in [1.82, 2.24) is 5.16 Å². The first kappa shape index (κ1) is 14.3. The van der Waals surface area contributed by atoms with Crippen LogP contribution in [0.1, 0.15) is 0 Å². The molecule has 21 heavy (non-hydrogen) atoms. The molecule has 2 N–H and O–H groups in total. The summed E-state index contributed by atoms with van der Waals surface area (Å²) in [6.07, 6.45) is 0. The molecule has 0 saturated carbocycles. The molecule has 3 rings (SSSR count). The molecular formula is C15H9Cl3N2O. The summed E-state index contributed by atoms with van der Waals surface area (Å²) < 4.78 is 5.12. The van der Waals surface area contributed by atoms with Crippen molar-refractivity contribution < 1.29 is 4.52 Å². The maximum atomic E-state index is 6.25. The van der Waals surface area contributed by atoms with Crippen molar-refractivity contribution in [2.45, 2.75) is 0 Å². The molecule has 0 bridgehead atoms. The van der Waals surface area contributed by atoms with Gasteiger partial charge in [0.05, 0.1) is 15.6 Å². The summed E-state index contributed by atoms with van der Waals surface area (Å²) in [6.45, 7) is 0. The highest BCUT2D eigenvalue weighted by atomic mass is 35.5. The Balaban J connectivity index is 2.25. The van der Waals surface area contributed by atoms with E-state index in [9.17, 15) is 0 Å². The lowest BCUT2D eigenvalue weighted by atomic mass is 10.0. The van der Waals surface area contributed by atoms with Gasteiger partial charge in [-0.3, -0.25) is 0 Å². The van der Waals surface area contributed by atoms with Crippen LogP contribution in [-0.4, -0.2) is 5.16 Å². The van der Waals surface area contributed by atoms with Gasteiger partial charge in [-0.2, -0.15) is 0 Å². The number of hydrogen-bond acceptors (Lipinski definition) is 3. The van der Waals surface area contributed by atoms with Crippen molar-refractivity contribution >= 4 is 40.7 Å². The molecule has 0 radical (unpaired) electrons. The number of aromatic nitrogens is 1. The van der Waals surface area contributed by atoms with Crippen molar-refractivity contribution in [3.8, 4) is 22.4 Å². The quantitative estimate of drug-likeness (QED) is 0.666. The highest BCUT2D eigenvalue weighted by Crippen LogP contribution is 2.42. The SMILES string of the molecule is Nc1onc(-c2ccccc2Cl)c1-c1ccc(Cl)cc1Cl. The summed E-state index contributed by atoms with van der Waals surface area (Å²) in [5.74, 6) is 0.175. The lowest BCUT2D eigenvalue weighted by Gasteiger charge is -2.06. The van der Waals surface area contributed by atoms with E-state index in [1.165, 1.54) is 0 Å². The summed E-state index contributed by atoms with van der Waals surface area (Å²) in [6, 6.07) is 12.5. The fourth-order valence-corrected chi connectivity index (χ4v) is 2.82. The van der Waals surface area contributed by atoms with E-state index in [1.807, 2.05) is 18.2 Å². The number of hydrogen-bond donors (Lipinski definition) is 1. The van der Waals surface area contributed by atoms with Gasteiger partial charge < -0.3 is 10.3 Å². The maximum Gasteiger partial charge on any atom is 0.230 e. The second-order valence-electron chi connectivity index (χ2n) is 4.37. The molecule has 0 spiro atoms. The van der Waals surface area contributed by atoms with Crippen LogP contribution >= 0.6 is 34.8 Å². The summed E-state index contributed by atoms with van der Waals surface area (Å²) >= 11 is 18.4. The smallest absolute Gasteiger partial charge is 0.230 e. The lowest BCUT2D eigenvalue weighted by Crippen LogP contribution is -1.89. The van der Waals surface area contributed by atoms with Gasteiger partial charge in [0.1, 0.15) is 5.69 Å². The molecule has 2 aromatic carbocycles. The average molecular weight is 340 g/mol. The number of benzene rings is 2. The van der Waals surface area contributed by atoms with Crippen LogP contribution < -0.4 is 5.73 Å². The van der Waals surface area contributed by atoms with Gasteiger partial charge in [0, 0.05) is 16.1 Å². The molecule has 0 fully saturated rings. The third-order valence-corrected chi connectivity index (χ3v) is 3.93. The van der Waals surface area contributed by atoms with Crippen molar-refractivity contribution in [2.24, 2.45) is 0 Å². The molecule has 0 aliphatic carbocycles. The van der Waals surface area contributed by atoms with E-state index in [4.69, 9.17) is 45.1 Å². The van der Waals surface area contributed by atoms with E-state index in [0.717, 1.165) is 5.56 Å². The van der Waals surface area contributed by atoms with Gasteiger partial charge in [-0.05, 0) is 18.2 Å². The third-order valence-electron chi connectivity index (χ3n) is 3.05. The largest absolute Gasteiger partial charge is 0.367 e. The highest BCUT2D eigenvalue weighted by Gasteiger charge is 2.21. The molecule has 1 aromatic heterocycles. The number of rotatable bonds is 2. The molecule has 106 valence electrons. The number of anilines is 1. The van der Waals surface area contributed by atoms with Gasteiger partial charge in [0.25, 0.3) is 0 Å². The maximum absolute atomic E-state index is 6.25. The molecule has 3 nitrogen and oxygen atoms in total. The minimum atomic E-state index is 0.175. The van der Waals surface area contributed by atoms with E-state index in [-0.39, 0.29) is 5.88 Å². The molecule has 0 amide bonds. The average Bonchev–Trinajstić information content (AvgIpc) is 2.81. The van der Waals surface area contributed by atoms with Crippen molar-refractivity contribution in [2.75, 3.05) is 5.73 Å². The molecule has 0 saturated heterocycles. The summed E-state index contributed by atoms with van der Waals surface area (Å²) in [5, 5.41) is 5.57. The zero-order chi connectivity index (χ0) is 15.0. The van der Waals surface area contributed by atoms with Gasteiger partial charge in [-0.1, -0.05) is 64.2 Å². The van der Waals surface area contributed by atoms with Crippen LogP contribution in [0.2, 0.25) is 15.1 Å². The van der Waals surface area contributed by atoms with Crippen LogP contribution in [0, 0.1) is 0 Å². The Kier molecular flexibility index (Phi) is 3.81. The third kappa shape index (κ3) is 2.60. The number of nitrogens with zero attached hydrogens (tertiary/aromatic N) is 1. The fourth-order valence-electron chi connectivity index (χ4n) is 2.09. The first-order chi connectivity index (χ1) is 10.1. The van der Waals surface area contributed by atoms with Crippen LogP contribution in [0.5, 0.6) is 0 Å². The van der Waals surface area contributed by atoms with Crippen LogP contribution in [0.3, 0.4) is 0 Å². The van der Waals surface area contributed by atoms with Crippen LogP contribution in [0.15, 0.2) is 47.0 Å². The minimum Gasteiger partial charge on any atom is -0.367 e. The van der Waals surface area contributed by atoms with Crippen LogP contribution in [0.25, 0.3) is 22.4 Å². The van der Waals surface area contributed by atoms with E-state index in [2.05, 4.69) is 5.16 Å². The van der Waals surface area contributed by atoms with E-state index in [0.29, 0.717) is 31.9 Å². The van der Waals surface area contributed by atoms with E-state index < -0.39 is 0 Å². The van der Waals surface area contributed by atoms with Gasteiger partial charge in [0.2, 0.25) is 5.88 Å². The van der Waals surface area contributed by atoms with Gasteiger partial charge >= 0.3 is 0 Å². The molecular weight excluding hydrogens is 331 g/mol. The second-order valence-corrected chi connectivity index (χ2v) is 5.63. The molecule has 3 aromatic rings. The molecule has 0 unspecified atom stereocenters. The first-order valence-corrected chi connectivity index (χ1v) is 7.17. The number of halogens is 3. The first-order valence-electron chi connectivity index (χ1n) is 6.03. The molecule has 0 aliphatic heterocycles.